The van der Waals surface area contributed by atoms with Gasteiger partial charge in [-0.1, -0.05) is 126 Å². The number of aromatic nitrogens is 1. The van der Waals surface area contributed by atoms with Crippen molar-refractivity contribution in [1.29, 1.82) is 0 Å². The molecular weight excluding hydrogens is 713 g/mol. The van der Waals surface area contributed by atoms with Gasteiger partial charge in [-0.15, -0.1) is 0 Å². The molecule has 2 aliphatic rings. The van der Waals surface area contributed by atoms with Crippen molar-refractivity contribution in [1.82, 2.24) is 4.48 Å². The van der Waals surface area contributed by atoms with E-state index in [1.807, 2.05) is 0 Å². The minimum absolute atomic E-state index is 0.0160. The summed E-state index contributed by atoms with van der Waals surface area (Å²) in [5, 5.41) is 7.73. The molecule has 7 aromatic carbocycles. The van der Waals surface area contributed by atoms with Crippen molar-refractivity contribution in [3.05, 3.63) is 131 Å². The zero-order chi connectivity index (χ0) is 41.9. The van der Waals surface area contributed by atoms with Crippen LogP contribution in [-0.4, -0.2) is 11.3 Å². The van der Waals surface area contributed by atoms with E-state index in [0.29, 0.717) is 0 Å². The lowest BCUT2D eigenvalue weighted by Gasteiger charge is -2.42. The third-order valence-corrected chi connectivity index (χ3v) is 13.6. The maximum Gasteiger partial charge on any atom is 0.333 e. The van der Waals surface area contributed by atoms with Crippen LogP contribution in [0, 0.1) is 6.92 Å². The van der Waals surface area contributed by atoms with Gasteiger partial charge in [-0.3, -0.25) is 0 Å². The van der Waals surface area contributed by atoms with E-state index >= 15 is 0 Å². The van der Waals surface area contributed by atoms with Crippen molar-refractivity contribution < 1.29 is 0 Å². The van der Waals surface area contributed by atoms with E-state index in [4.69, 9.17) is 5.73 Å². The molecule has 2 N–H and O–H groups in total. The SMILES string of the molecule is Cc1c2c(cc3cc4ccccc4cc13)B1c3c(cc(N)cc3N2c2cc(C(C)(C)C)cc(C(C)(C)C)c2)-c2cc(C(C)(C)C)cc3c4cc(C(C)(C)C)ccc4n1c23. The Balaban J connectivity index is 1.41. The average Bonchev–Trinajstić information content (AvgIpc) is 3.48. The predicted molar refractivity (Wildman–Crippen MR) is 259 cm³/mol. The van der Waals surface area contributed by atoms with Gasteiger partial charge in [-0.25, -0.2) is 0 Å². The van der Waals surface area contributed by atoms with E-state index in [0.717, 1.165) is 5.69 Å². The molecule has 0 amide bonds. The number of aryl methyl sites for hydroxylation is 1. The minimum Gasteiger partial charge on any atom is -0.399 e. The predicted octanol–water partition coefficient (Wildman–Crippen LogP) is 13.6. The number of hydrogen-bond acceptors (Lipinski definition) is 2. The highest BCUT2D eigenvalue weighted by Crippen LogP contribution is 2.50. The van der Waals surface area contributed by atoms with Gasteiger partial charge in [-0.2, -0.15) is 0 Å². The molecule has 0 saturated heterocycles. The highest BCUT2D eigenvalue weighted by molar-refractivity contribution is 6.90. The normalized spacial score (nSPS) is 14.2. The molecule has 10 rings (SSSR count). The van der Waals surface area contributed by atoms with Crippen LogP contribution in [0.5, 0.6) is 0 Å². The van der Waals surface area contributed by atoms with Gasteiger partial charge in [0.1, 0.15) is 0 Å². The van der Waals surface area contributed by atoms with Crippen LogP contribution in [0.4, 0.5) is 22.7 Å². The van der Waals surface area contributed by atoms with Gasteiger partial charge in [-0.05, 0) is 155 Å². The highest BCUT2D eigenvalue weighted by Gasteiger charge is 2.44. The molecule has 1 aromatic heterocycles. The molecule has 3 heterocycles. The molecule has 296 valence electrons. The van der Waals surface area contributed by atoms with E-state index in [9.17, 15) is 0 Å². The minimum atomic E-state index is -0.0669. The summed E-state index contributed by atoms with van der Waals surface area (Å²) in [6, 6.07) is 40.2. The van der Waals surface area contributed by atoms with Crippen molar-refractivity contribution >= 4 is 83.9 Å². The van der Waals surface area contributed by atoms with Gasteiger partial charge in [0.05, 0.1) is 0 Å². The fourth-order valence-corrected chi connectivity index (χ4v) is 10.1. The Morgan fingerprint density at radius 2 is 1.10 bits per heavy atom. The third kappa shape index (κ3) is 5.62. The van der Waals surface area contributed by atoms with Crippen LogP contribution >= 0.6 is 0 Å². The van der Waals surface area contributed by atoms with Gasteiger partial charge >= 0.3 is 6.85 Å². The number of anilines is 4. The number of fused-ring (bicyclic) bond motifs is 9. The van der Waals surface area contributed by atoms with Crippen molar-refractivity contribution in [3.63, 3.8) is 0 Å². The molecule has 0 radical (unpaired) electrons. The summed E-state index contributed by atoms with van der Waals surface area (Å²) in [7, 11) is 0. The largest absolute Gasteiger partial charge is 0.399 e. The highest BCUT2D eigenvalue weighted by atomic mass is 15.2. The van der Waals surface area contributed by atoms with Crippen LogP contribution in [0.15, 0.2) is 103 Å². The standard InChI is InChI=1S/C55H58BN3/c1-31-41-21-33-17-15-14-16-32(33)20-34(41)22-46-50(31)58(40-24-36(53(5,6)7)23-37(25-40)54(8,9)10)48-30-39(57)29-43-45-28-38(55(11,12)13)27-44-42-26-35(52(2,3)4)18-19-47(42)59(51(44)45)56(46)49(43)48/h14-30H,57H2,1-13H3. The molecule has 8 aromatic rings. The Morgan fingerprint density at radius 3 is 1.73 bits per heavy atom. The van der Waals surface area contributed by atoms with E-state index in [1.54, 1.807) is 0 Å². The second kappa shape index (κ2) is 12.1. The Kier molecular flexibility index (Phi) is 7.72. The Hall–Kier alpha value is -5.48. The molecule has 59 heavy (non-hydrogen) atoms. The summed E-state index contributed by atoms with van der Waals surface area (Å²) in [6.07, 6.45) is 0. The topological polar surface area (TPSA) is 34.2 Å². The molecule has 3 nitrogen and oxygen atoms in total. The average molecular weight is 772 g/mol. The van der Waals surface area contributed by atoms with Crippen molar-refractivity contribution in [2.24, 2.45) is 0 Å². The third-order valence-electron chi connectivity index (χ3n) is 13.6. The number of rotatable bonds is 1. The molecule has 0 aliphatic carbocycles. The van der Waals surface area contributed by atoms with Gasteiger partial charge in [0.25, 0.3) is 0 Å². The summed E-state index contributed by atoms with van der Waals surface area (Å²) in [6.45, 7) is 30.3. The maximum atomic E-state index is 7.16. The zero-order valence-corrected chi connectivity index (χ0v) is 37.4. The second-order valence-corrected chi connectivity index (χ2v) is 21.9. The fraction of sp³-hybridized carbons (Fsp3) is 0.309. The monoisotopic (exact) mass is 771 g/mol. The molecule has 0 spiro atoms. The van der Waals surface area contributed by atoms with Gasteiger partial charge in [0.15, 0.2) is 0 Å². The van der Waals surface area contributed by atoms with E-state index in [-0.39, 0.29) is 28.5 Å². The second-order valence-electron chi connectivity index (χ2n) is 21.9. The van der Waals surface area contributed by atoms with Gasteiger partial charge in [0, 0.05) is 50.1 Å². The number of nitrogens with zero attached hydrogens (tertiary/aromatic N) is 2. The van der Waals surface area contributed by atoms with Crippen molar-refractivity contribution in [2.45, 2.75) is 112 Å². The number of nitrogens with two attached hydrogens (primary N) is 1. The summed E-state index contributed by atoms with van der Waals surface area (Å²) in [5.41, 5.74) is 25.8. The first-order valence-electron chi connectivity index (χ1n) is 21.6. The van der Waals surface area contributed by atoms with E-state index < -0.39 is 0 Å². The van der Waals surface area contributed by atoms with Crippen LogP contribution < -0.4 is 21.6 Å². The number of benzene rings is 7. The molecule has 0 atom stereocenters. The van der Waals surface area contributed by atoms with E-state index in [1.165, 1.54) is 110 Å². The Bertz CT molecular complexity index is 3080. The molecule has 0 fully saturated rings. The summed E-state index contributed by atoms with van der Waals surface area (Å²) < 4.78 is 2.70. The quantitative estimate of drug-likeness (QED) is 0.102. The summed E-state index contributed by atoms with van der Waals surface area (Å²) in [4.78, 5) is 2.59. The van der Waals surface area contributed by atoms with Crippen LogP contribution in [0.2, 0.25) is 0 Å². The first kappa shape index (κ1) is 37.8. The lowest BCUT2D eigenvalue weighted by molar-refractivity contribution is 0.569. The maximum absolute atomic E-state index is 7.16. The van der Waals surface area contributed by atoms with Crippen LogP contribution in [0.1, 0.15) is 111 Å². The van der Waals surface area contributed by atoms with Crippen molar-refractivity contribution in [2.75, 3.05) is 10.6 Å². The lowest BCUT2D eigenvalue weighted by atomic mass is 9.44. The van der Waals surface area contributed by atoms with E-state index in [2.05, 4.69) is 203 Å². The van der Waals surface area contributed by atoms with Crippen LogP contribution in [0.3, 0.4) is 0 Å². The smallest absolute Gasteiger partial charge is 0.333 e. The molecule has 2 aliphatic heterocycles. The Morgan fingerprint density at radius 1 is 0.508 bits per heavy atom. The van der Waals surface area contributed by atoms with Crippen LogP contribution in [-0.2, 0) is 21.7 Å². The Labute approximate surface area is 351 Å². The number of nitrogen functional groups attached to an aromatic ring is 1. The van der Waals surface area contributed by atoms with Crippen LogP contribution in [0.25, 0.3) is 54.5 Å². The molecule has 0 unspecified atom stereocenters. The van der Waals surface area contributed by atoms with Crippen molar-refractivity contribution in [3.8, 4) is 11.1 Å². The first-order chi connectivity index (χ1) is 27.6. The molecule has 0 bridgehead atoms. The van der Waals surface area contributed by atoms with Gasteiger partial charge < -0.3 is 15.1 Å². The summed E-state index contributed by atoms with van der Waals surface area (Å²) in [5.74, 6) is 0. The molecule has 4 heteroatoms. The lowest BCUT2D eigenvalue weighted by Crippen LogP contribution is -2.57. The molecular formula is C55H58BN3. The number of hydrogen-bond donors (Lipinski definition) is 1. The summed E-state index contributed by atoms with van der Waals surface area (Å²) >= 11 is 0. The van der Waals surface area contributed by atoms with Gasteiger partial charge in [0.2, 0.25) is 0 Å². The first-order valence-corrected chi connectivity index (χ1v) is 21.6. The fourth-order valence-electron chi connectivity index (χ4n) is 10.1. The zero-order valence-electron chi connectivity index (χ0n) is 37.4. The molecule has 0 saturated carbocycles.